The van der Waals surface area contributed by atoms with Crippen molar-refractivity contribution in [2.24, 2.45) is 7.05 Å². The number of benzene rings is 1. The second-order valence-electron chi connectivity index (χ2n) is 5.81. The predicted molar refractivity (Wildman–Crippen MR) is 93.9 cm³/mol. The SMILES string of the molecule is Cn1cnc2c(N)nc3[nH]c(-c4cccc(F)c4)cc3c21.O=C(O)C(F)(F)F. The molecule has 0 aliphatic heterocycles. The number of carboxylic acid groups (broad SMARTS) is 1. The second kappa shape index (κ2) is 6.83. The molecule has 0 fully saturated rings. The number of halogens is 4. The van der Waals surface area contributed by atoms with Gasteiger partial charge in [-0.15, -0.1) is 0 Å². The van der Waals surface area contributed by atoms with E-state index in [2.05, 4.69) is 15.0 Å². The van der Waals surface area contributed by atoms with Crippen LogP contribution in [0.4, 0.5) is 23.4 Å². The number of hydrogen-bond acceptors (Lipinski definition) is 4. The summed E-state index contributed by atoms with van der Waals surface area (Å²) in [5.74, 6) is -2.65. The van der Waals surface area contributed by atoms with Gasteiger partial charge >= 0.3 is 12.1 Å². The van der Waals surface area contributed by atoms with Gasteiger partial charge in [0, 0.05) is 23.7 Å². The summed E-state index contributed by atoms with van der Waals surface area (Å²) >= 11 is 0. The Morgan fingerprint density at radius 1 is 1.29 bits per heavy atom. The molecule has 0 unspecified atom stereocenters. The number of pyridine rings is 1. The Hall–Kier alpha value is -3.63. The fourth-order valence-electron chi connectivity index (χ4n) is 2.63. The number of alkyl halides is 3. The van der Waals surface area contributed by atoms with Crippen molar-refractivity contribution in [1.82, 2.24) is 19.5 Å². The monoisotopic (exact) mass is 395 g/mol. The van der Waals surface area contributed by atoms with Crippen LogP contribution < -0.4 is 5.73 Å². The van der Waals surface area contributed by atoms with E-state index in [1.54, 1.807) is 12.4 Å². The molecule has 11 heteroatoms. The molecule has 4 aromatic rings. The minimum atomic E-state index is -5.08. The number of imidazole rings is 1. The number of aryl methyl sites for hydroxylation is 1. The first-order valence-electron chi connectivity index (χ1n) is 7.73. The number of H-pyrrole nitrogens is 1. The third-order valence-electron chi connectivity index (χ3n) is 3.84. The van der Waals surface area contributed by atoms with Gasteiger partial charge in [0.1, 0.15) is 17.0 Å². The molecule has 0 amide bonds. The van der Waals surface area contributed by atoms with Crippen LogP contribution in [0, 0.1) is 5.82 Å². The topological polar surface area (TPSA) is 110 Å². The van der Waals surface area contributed by atoms with Crippen LogP contribution in [0.25, 0.3) is 33.3 Å². The Kier molecular flexibility index (Phi) is 4.67. The number of nitrogens with zero attached hydrogens (tertiary/aromatic N) is 3. The number of nitrogens with one attached hydrogen (secondary N) is 1. The maximum absolute atomic E-state index is 13.4. The first kappa shape index (κ1) is 19.1. The van der Waals surface area contributed by atoms with Gasteiger partial charge in [0.2, 0.25) is 0 Å². The summed E-state index contributed by atoms with van der Waals surface area (Å²) in [6.07, 6.45) is -3.38. The summed E-state index contributed by atoms with van der Waals surface area (Å²) in [7, 11) is 1.91. The lowest BCUT2D eigenvalue weighted by atomic mass is 10.1. The molecule has 4 N–H and O–H groups in total. The molecule has 0 saturated heterocycles. The van der Waals surface area contributed by atoms with Crippen LogP contribution in [0.15, 0.2) is 36.7 Å². The quantitative estimate of drug-likeness (QED) is 0.428. The molecule has 1 aromatic carbocycles. The Bertz CT molecular complexity index is 1180. The molecule has 4 rings (SSSR count). The summed E-state index contributed by atoms with van der Waals surface area (Å²) in [6, 6.07) is 8.37. The van der Waals surface area contributed by atoms with Gasteiger partial charge < -0.3 is 20.4 Å². The van der Waals surface area contributed by atoms with Gasteiger partial charge in [0.25, 0.3) is 0 Å². The summed E-state index contributed by atoms with van der Waals surface area (Å²) in [5, 5.41) is 8.04. The van der Waals surface area contributed by atoms with Crippen LogP contribution in [0.3, 0.4) is 0 Å². The summed E-state index contributed by atoms with van der Waals surface area (Å²) in [5.41, 5.74) is 9.76. The minimum Gasteiger partial charge on any atom is -0.475 e. The van der Waals surface area contributed by atoms with E-state index < -0.39 is 12.1 Å². The first-order valence-corrected chi connectivity index (χ1v) is 7.73. The number of aromatic amines is 1. The smallest absolute Gasteiger partial charge is 0.475 e. The van der Waals surface area contributed by atoms with E-state index in [4.69, 9.17) is 15.6 Å². The molecular weight excluding hydrogens is 382 g/mol. The molecule has 0 aliphatic carbocycles. The van der Waals surface area contributed by atoms with E-state index in [1.165, 1.54) is 12.1 Å². The van der Waals surface area contributed by atoms with Crippen molar-refractivity contribution in [3.63, 3.8) is 0 Å². The van der Waals surface area contributed by atoms with Crippen molar-refractivity contribution in [1.29, 1.82) is 0 Å². The van der Waals surface area contributed by atoms with E-state index in [0.29, 0.717) is 17.0 Å². The molecule has 0 radical (unpaired) electrons. The van der Waals surface area contributed by atoms with Gasteiger partial charge in [-0.05, 0) is 18.2 Å². The number of nitrogens with two attached hydrogens (primary N) is 1. The van der Waals surface area contributed by atoms with E-state index in [-0.39, 0.29) is 5.82 Å². The number of carboxylic acids is 1. The lowest BCUT2D eigenvalue weighted by Gasteiger charge is -1.98. The zero-order chi connectivity index (χ0) is 20.6. The highest BCUT2D eigenvalue weighted by molar-refractivity contribution is 6.07. The molecule has 0 spiro atoms. The third kappa shape index (κ3) is 3.59. The van der Waals surface area contributed by atoms with Crippen molar-refractivity contribution >= 4 is 33.9 Å². The molecule has 28 heavy (non-hydrogen) atoms. The highest BCUT2D eigenvalue weighted by atomic mass is 19.4. The molecule has 146 valence electrons. The molecule has 0 aliphatic rings. The lowest BCUT2D eigenvalue weighted by molar-refractivity contribution is -0.192. The number of anilines is 1. The Morgan fingerprint density at radius 2 is 1.96 bits per heavy atom. The number of hydrogen-bond donors (Lipinski definition) is 3. The first-order chi connectivity index (χ1) is 13.1. The number of carbonyl (C=O) groups is 1. The van der Waals surface area contributed by atoms with E-state index in [0.717, 1.165) is 22.2 Å². The van der Waals surface area contributed by atoms with Crippen molar-refractivity contribution in [3.8, 4) is 11.3 Å². The third-order valence-corrected chi connectivity index (χ3v) is 3.84. The van der Waals surface area contributed by atoms with Crippen molar-refractivity contribution in [2.75, 3.05) is 5.73 Å². The molecule has 0 bridgehead atoms. The van der Waals surface area contributed by atoms with Crippen LogP contribution >= 0.6 is 0 Å². The van der Waals surface area contributed by atoms with Crippen LogP contribution in [-0.4, -0.2) is 36.8 Å². The van der Waals surface area contributed by atoms with Gasteiger partial charge in [0.15, 0.2) is 5.82 Å². The van der Waals surface area contributed by atoms with E-state index in [9.17, 15) is 17.6 Å². The van der Waals surface area contributed by atoms with Gasteiger partial charge in [-0.25, -0.2) is 19.2 Å². The largest absolute Gasteiger partial charge is 0.490 e. The molecule has 0 atom stereocenters. The number of fused-ring (bicyclic) bond motifs is 3. The standard InChI is InChI=1S/C15H12FN5.C2HF3O2/c1-21-7-18-12-13(21)10-6-11(19-15(10)20-14(12)17)8-3-2-4-9(16)5-8;3-2(4,5)1(6)7/h2-7H,1H3,(H3,17,19,20);(H,6,7). The number of aliphatic carboxylic acids is 1. The van der Waals surface area contributed by atoms with Crippen LogP contribution in [0.5, 0.6) is 0 Å². The van der Waals surface area contributed by atoms with Gasteiger partial charge in [-0.3, -0.25) is 0 Å². The maximum Gasteiger partial charge on any atom is 0.490 e. The summed E-state index contributed by atoms with van der Waals surface area (Å²) < 4.78 is 47.0. The molecule has 3 aromatic heterocycles. The van der Waals surface area contributed by atoms with Crippen LogP contribution in [0.1, 0.15) is 0 Å². The Morgan fingerprint density at radius 3 is 2.57 bits per heavy atom. The number of aromatic nitrogens is 4. The average Bonchev–Trinajstić information content (AvgIpc) is 3.18. The number of rotatable bonds is 1. The normalized spacial score (nSPS) is 11.5. The van der Waals surface area contributed by atoms with Crippen molar-refractivity contribution in [3.05, 3.63) is 42.5 Å². The number of nitrogen functional groups attached to an aromatic ring is 1. The fraction of sp³-hybridized carbons (Fsp3) is 0.118. The zero-order valence-electron chi connectivity index (χ0n) is 14.3. The minimum absolute atomic E-state index is 0.274. The fourth-order valence-corrected chi connectivity index (χ4v) is 2.63. The molecule has 3 heterocycles. The highest BCUT2D eigenvalue weighted by Crippen LogP contribution is 2.30. The van der Waals surface area contributed by atoms with Crippen molar-refractivity contribution in [2.45, 2.75) is 6.18 Å². The van der Waals surface area contributed by atoms with Gasteiger partial charge in [-0.2, -0.15) is 13.2 Å². The Labute approximate surface area is 154 Å². The summed E-state index contributed by atoms with van der Waals surface area (Å²) in [6.45, 7) is 0. The average molecular weight is 395 g/mol. The van der Waals surface area contributed by atoms with Crippen LogP contribution in [-0.2, 0) is 11.8 Å². The molecular formula is C17H13F4N5O2. The highest BCUT2D eigenvalue weighted by Gasteiger charge is 2.38. The lowest BCUT2D eigenvalue weighted by Crippen LogP contribution is -2.21. The second-order valence-corrected chi connectivity index (χ2v) is 5.81. The predicted octanol–water partition coefficient (Wildman–Crippen LogP) is 3.47. The molecule has 0 saturated carbocycles. The Balaban J connectivity index is 0.000000279. The van der Waals surface area contributed by atoms with Gasteiger partial charge in [-0.1, -0.05) is 12.1 Å². The zero-order valence-corrected chi connectivity index (χ0v) is 14.3. The van der Waals surface area contributed by atoms with Gasteiger partial charge in [0.05, 0.1) is 11.8 Å². The molecule has 7 nitrogen and oxygen atoms in total. The maximum atomic E-state index is 13.4. The van der Waals surface area contributed by atoms with E-state index >= 15 is 0 Å². The summed E-state index contributed by atoms with van der Waals surface area (Å²) in [4.78, 5) is 20.7. The van der Waals surface area contributed by atoms with E-state index in [1.807, 2.05) is 23.7 Å². The van der Waals surface area contributed by atoms with Crippen LogP contribution in [0.2, 0.25) is 0 Å². The van der Waals surface area contributed by atoms with Crippen molar-refractivity contribution < 1.29 is 27.5 Å².